The molecule has 2 rings (SSSR count). The predicted molar refractivity (Wildman–Crippen MR) is 57.6 cm³/mol. The third-order valence-corrected chi connectivity index (χ3v) is 1.74. The topological polar surface area (TPSA) is 71.4 Å². The Morgan fingerprint density at radius 2 is 1.81 bits per heavy atom. The van der Waals surface area contributed by atoms with Gasteiger partial charge in [-0.2, -0.15) is 9.98 Å². The molecular weight excluding hydrogens is 208 g/mol. The molecule has 1 aliphatic rings. The molecule has 0 aromatic heterocycles. The normalized spacial score (nSPS) is 11.3. The van der Waals surface area contributed by atoms with Crippen LogP contribution in [0.5, 0.6) is 0 Å². The molecule has 1 heterocycles. The minimum atomic E-state index is 0.426. The van der Waals surface area contributed by atoms with Crippen molar-refractivity contribution in [2.24, 2.45) is 9.98 Å². The number of aliphatic imine (C=N–C) groups is 2. The maximum Gasteiger partial charge on any atom is 0.240 e. The van der Waals surface area contributed by atoms with Crippen LogP contribution in [0.2, 0.25) is 0 Å². The first-order valence-electron chi connectivity index (χ1n) is 4.62. The summed E-state index contributed by atoms with van der Waals surface area (Å²) in [5, 5.41) is 0. The lowest BCUT2D eigenvalue weighted by Gasteiger charge is -1.97. The molecule has 82 valence electrons. The van der Waals surface area contributed by atoms with Gasteiger partial charge in [0.1, 0.15) is 0 Å². The monoisotopic (exact) mass is 218 g/mol. The Morgan fingerprint density at radius 3 is 2.31 bits per heavy atom. The minimum Gasteiger partial charge on any atom is -0.377 e. The van der Waals surface area contributed by atoms with Crippen molar-refractivity contribution >= 4 is 23.5 Å². The van der Waals surface area contributed by atoms with E-state index in [4.69, 9.17) is 0 Å². The molecule has 0 unspecified atom stereocenters. The number of hydrogen-bond acceptors (Lipinski definition) is 5. The van der Waals surface area contributed by atoms with Gasteiger partial charge in [-0.15, -0.1) is 0 Å². The number of aryl methyl sites for hydroxylation is 1. The second-order valence-corrected chi connectivity index (χ2v) is 2.99. The summed E-state index contributed by atoms with van der Waals surface area (Å²) < 4.78 is 4.50. The smallest absolute Gasteiger partial charge is 0.240 e. The highest BCUT2D eigenvalue weighted by Gasteiger charge is 1.97. The predicted octanol–water partition coefficient (Wildman–Crippen LogP) is 1.95. The van der Waals surface area contributed by atoms with Crippen LogP contribution in [0.15, 0.2) is 28.2 Å². The molecule has 0 spiro atoms. The largest absolute Gasteiger partial charge is 0.377 e. The number of carbonyl (C=O) groups excluding carboxylic acids is 2. The van der Waals surface area contributed by atoms with Gasteiger partial charge in [0.2, 0.25) is 12.2 Å². The molecule has 0 bridgehead atoms. The highest BCUT2D eigenvalue weighted by atomic mass is 16.6. The fourth-order valence-corrected chi connectivity index (χ4v) is 0.890. The molecule has 5 nitrogen and oxygen atoms in total. The van der Waals surface area contributed by atoms with Crippen LogP contribution in [0.4, 0.5) is 11.4 Å². The van der Waals surface area contributed by atoms with Crippen molar-refractivity contribution in [2.75, 3.05) is 13.2 Å². The van der Waals surface area contributed by atoms with Gasteiger partial charge in [0.05, 0.1) is 24.6 Å². The highest BCUT2D eigenvalue weighted by molar-refractivity contribution is 5.61. The molecule has 1 saturated heterocycles. The molecule has 0 saturated carbocycles. The van der Waals surface area contributed by atoms with E-state index >= 15 is 0 Å². The summed E-state index contributed by atoms with van der Waals surface area (Å²) in [4.78, 5) is 26.8. The number of nitrogens with zero attached hydrogens (tertiary/aromatic N) is 2. The zero-order valence-electron chi connectivity index (χ0n) is 8.77. The SMILES string of the molecule is C1CO1.Cc1ccc(N=C=O)cc1N=C=O. The standard InChI is InChI=1S/C9H6N2O2.C2H4O/c1-7-2-3-8(10-5-12)4-9(7)11-6-13;1-2-3-1/h2-4H,1H3;1-2H2. The number of rotatable bonds is 2. The summed E-state index contributed by atoms with van der Waals surface area (Å²) in [6.07, 6.45) is 2.84. The van der Waals surface area contributed by atoms with Gasteiger partial charge >= 0.3 is 0 Å². The van der Waals surface area contributed by atoms with Crippen molar-refractivity contribution < 1.29 is 14.3 Å². The Balaban J connectivity index is 0.000000365. The molecule has 0 N–H and O–H groups in total. The number of isocyanates is 2. The fourth-order valence-electron chi connectivity index (χ4n) is 0.890. The average molecular weight is 218 g/mol. The van der Waals surface area contributed by atoms with Crippen LogP contribution >= 0.6 is 0 Å². The van der Waals surface area contributed by atoms with Crippen LogP contribution in [-0.2, 0) is 14.3 Å². The summed E-state index contributed by atoms with van der Waals surface area (Å²) in [5.41, 5.74) is 1.72. The zero-order chi connectivity index (χ0) is 11.8. The van der Waals surface area contributed by atoms with Crippen molar-refractivity contribution in [3.8, 4) is 0 Å². The van der Waals surface area contributed by atoms with Crippen LogP contribution in [0.25, 0.3) is 0 Å². The number of ether oxygens (including phenoxy) is 1. The summed E-state index contributed by atoms with van der Waals surface area (Å²) in [6.45, 7) is 3.80. The van der Waals surface area contributed by atoms with E-state index in [9.17, 15) is 9.59 Å². The Bertz CT molecular complexity index is 454. The van der Waals surface area contributed by atoms with Crippen LogP contribution in [0, 0.1) is 6.92 Å². The van der Waals surface area contributed by atoms with E-state index < -0.39 is 0 Å². The van der Waals surface area contributed by atoms with Gasteiger partial charge in [0.15, 0.2) is 0 Å². The Morgan fingerprint density at radius 1 is 1.19 bits per heavy atom. The first kappa shape index (κ1) is 12.0. The summed E-state index contributed by atoms with van der Waals surface area (Å²) in [5.74, 6) is 0. The number of epoxide rings is 1. The molecule has 1 fully saturated rings. The van der Waals surface area contributed by atoms with Crippen molar-refractivity contribution in [3.63, 3.8) is 0 Å². The van der Waals surface area contributed by atoms with E-state index in [1.165, 1.54) is 18.2 Å². The Kier molecular flexibility index (Phi) is 4.83. The lowest BCUT2D eigenvalue weighted by Crippen LogP contribution is -1.73. The molecule has 16 heavy (non-hydrogen) atoms. The van der Waals surface area contributed by atoms with E-state index in [0.29, 0.717) is 11.4 Å². The molecule has 0 aliphatic carbocycles. The number of hydrogen-bond donors (Lipinski definition) is 0. The third-order valence-electron chi connectivity index (χ3n) is 1.74. The van der Waals surface area contributed by atoms with Gasteiger partial charge in [0.25, 0.3) is 0 Å². The quantitative estimate of drug-likeness (QED) is 0.432. The molecular formula is C11H10N2O3. The fraction of sp³-hybridized carbons (Fsp3) is 0.273. The number of benzene rings is 1. The van der Waals surface area contributed by atoms with Crippen molar-refractivity contribution in [1.29, 1.82) is 0 Å². The minimum absolute atomic E-state index is 0.426. The third kappa shape index (κ3) is 4.44. The van der Waals surface area contributed by atoms with Crippen LogP contribution in [0.3, 0.4) is 0 Å². The van der Waals surface area contributed by atoms with E-state index in [-0.39, 0.29) is 0 Å². The second kappa shape index (κ2) is 6.43. The van der Waals surface area contributed by atoms with Crippen LogP contribution in [-0.4, -0.2) is 25.4 Å². The van der Waals surface area contributed by atoms with Crippen molar-refractivity contribution in [1.82, 2.24) is 0 Å². The maximum atomic E-state index is 10.00. The zero-order valence-corrected chi connectivity index (χ0v) is 8.77. The summed E-state index contributed by atoms with van der Waals surface area (Å²) >= 11 is 0. The first-order chi connectivity index (χ1) is 7.77. The molecule has 0 amide bonds. The van der Waals surface area contributed by atoms with Gasteiger partial charge in [-0.25, -0.2) is 9.59 Å². The van der Waals surface area contributed by atoms with Crippen molar-refractivity contribution in [2.45, 2.75) is 6.92 Å². The van der Waals surface area contributed by atoms with E-state index in [1.54, 1.807) is 19.1 Å². The lowest BCUT2D eigenvalue weighted by atomic mass is 10.2. The Labute approximate surface area is 92.5 Å². The van der Waals surface area contributed by atoms with E-state index in [1.807, 2.05) is 0 Å². The molecule has 1 aliphatic heterocycles. The molecule has 1 aromatic carbocycles. The van der Waals surface area contributed by atoms with E-state index in [2.05, 4.69) is 14.7 Å². The average Bonchev–Trinajstić information content (AvgIpc) is 3.11. The molecule has 0 radical (unpaired) electrons. The lowest BCUT2D eigenvalue weighted by molar-refractivity contribution is 0.475. The van der Waals surface area contributed by atoms with Gasteiger partial charge in [-0.3, -0.25) is 0 Å². The van der Waals surface area contributed by atoms with Crippen LogP contribution < -0.4 is 0 Å². The molecule has 1 aromatic rings. The Hall–Kier alpha value is -2.06. The molecule has 0 atom stereocenters. The first-order valence-corrected chi connectivity index (χ1v) is 4.62. The van der Waals surface area contributed by atoms with Crippen LogP contribution in [0.1, 0.15) is 5.56 Å². The summed E-state index contributed by atoms with van der Waals surface area (Å²) in [7, 11) is 0. The second-order valence-electron chi connectivity index (χ2n) is 2.99. The summed E-state index contributed by atoms with van der Waals surface area (Å²) in [6, 6.07) is 4.88. The van der Waals surface area contributed by atoms with Gasteiger partial charge in [0, 0.05) is 0 Å². The van der Waals surface area contributed by atoms with Gasteiger partial charge in [-0.05, 0) is 24.6 Å². The maximum absolute atomic E-state index is 10.00. The van der Waals surface area contributed by atoms with Crippen molar-refractivity contribution in [3.05, 3.63) is 23.8 Å². The highest BCUT2D eigenvalue weighted by Crippen LogP contribution is 2.23. The van der Waals surface area contributed by atoms with E-state index in [0.717, 1.165) is 18.8 Å². The van der Waals surface area contributed by atoms with Gasteiger partial charge in [-0.1, -0.05) is 6.07 Å². The van der Waals surface area contributed by atoms with Gasteiger partial charge < -0.3 is 4.74 Å². The molecule has 5 heteroatoms.